The van der Waals surface area contributed by atoms with E-state index in [0.717, 1.165) is 45.0 Å². The van der Waals surface area contributed by atoms with Gasteiger partial charge in [-0.15, -0.1) is 0 Å². The number of nitrogens with zero attached hydrogens (tertiary/aromatic N) is 1. The maximum absolute atomic E-state index is 12.4. The quantitative estimate of drug-likeness (QED) is 0.533. The van der Waals surface area contributed by atoms with Crippen LogP contribution in [0.15, 0.2) is 66.7 Å². The molecular formula is C23H21N3O2. The zero-order chi connectivity index (χ0) is 19.5. The van der Waals surface area contributed by atoms with Crippen LogP contribution in [0.2, 0.25) is 0 Å². The average molecular weight is 371 g/mol. The van der Waals surface area contributed by atoms with Crippen LogP contribution in [0.1, 0.15) is 11.1 Å². The van der Waals surface area contributed by atoms with Crippen LogP contribution in [0.3, 0.4) is 0 Å². The summed E-state index contributed by atoms with van der Waals surface area (Å²) in [5, 5.41) is 2.94. The van der Waals surface area contributed by atoms with Gasteiger partial charge < -0.3 is 15.0 Å². The van der Waals surface area contributed by atoms with Crippen molar-refractivity contribution in [2.75, 3.05) is 12.4 Å². The molecule has 0 saturated heterocycles. The molecule has 0 bridgehead atoms. The number of hydrogen-bond acceptors (Lipinski definition) is 3. The van der Waals surface area contributed by atoms with Gasteiger partial charge in [0.25, 0.3) is 0 Å². The van der Waals surface area contributed by atoms with Gasteiger partial charge in [0.15, 0.2) is 0 Å². The van der Waals surface area contributed by atoms with Crippen molar-refractivity contribution in [3.05, 3.63) is 77.9 Å². The lowest BCUT2D eigenvalue weighted by Gasteiger charge is -2.09. The van der Waals surface area contributed by atoms with Crippen LogP contribution in [0.25, 0.3) is 22.4 Å². The molecule has 28 heavy (non-hydrogen) atoms. The SMILES string of the molecule is COc1cc(CC(=O)Nc2ccc(-c3nc4ccccc4[nH]3)cc2)ccc1C. The molecule has 1 aromatic heterocycles. The van der Waals surface area contributed by atoms with Crippen molar-refractivity contribution in [3.63, 3.8) is 0 Å². The molecule has 0 radical (unpaired) electrons. The molecule has 0 atom stereocenters. The van der Waals surface area contributed by atoms with Gasteiger partial charge in [0.1, 0.15) is 11.6 Å². The number of carbonyl (C=O) groups excluding carboxylic acids is 1. The van der Waals surface area contributed by atoms with Crippen LogP contribution in [-0.2, 0) is 11.2 Å². The lowest BCUT2D eigenvalue weighted by molar-refractivity contribution is -0.115. The standard InChI is InChI=1S/C23H21N3O2/c1-15-7-8-16(13-21(15)28-2)14-22(27)24-18-11-9-17(10-12-18)23-25-19-5-3-4-6-20(19)26-23/h3-13H,14H2,1-2H3,(H,24,27)(H,25,26). The Morgan fingerprint density at radius 3 is 2.61 bits per heavy atom. The Bertz CT molecular complexity index is 1100. The van der Waals surface area contributed by atoms with Crippen LogP contribution in [-0.4, -0.2) is 23.0 Å². The first-order valence-electron chi connectivity index (χ1n) is 9.11. The van der Waals surface area contributed by atoms with E-state index in [1.54, 1.807) is 7.11 Å². The molecule has 5 heteroatoms. The van der Waals surface area contributed by atoms with Crippen molar-refractivity contribution < 1.29 is 9.53 Å². The normalized spacial score (nSPS) is 10.8. The Kier molecular flexibility index (Phi) is 4.81. The second-order valence-electron chi connectivity index (χ2n) is 6.71. The van der Waals surface area contributed by atoms with Crippen LogP contribution in [0, 0.1) is 6.92 Å². The lowest BCUT2D eigenvalue weighted by atomic mass is 10.1. The molecule has 0 aliphatic heterocycles. The summed E-state index contributed by atoms with van der Waals surface area (Å²) < 4.78 is 5.32. The monoisotopic (exact) mass is 371 g/mol. The van der Waals surface area contributed by atoms with Gasteiger partial charge in [0.05, 0.1) is 24.6 Å². The molecule has 0 spiro atoms. The first-order chi connectivity index (χ1) is 13.6. The van der Waals surface area contributed by atoms with Crippen molar-refractivity contribution in [1.82, 2.24) is 9.97 Å². The highest BCUT2D eigenvalue weighted by Gasteiger charge is 2.08. The van der Waals surface area contributed by atoms with E-state index in [1.807, 2.05) is 73.7 Å². The predicted molar refractivity (Wildman–Crippen MR) is 112 cm³/mol. The molecule has 1 heterocycles. The minimum atomic E-state index is -0.0672. The summed E-state index contributed by atoms with van der Waals surface area (Å²) in [5.41, 5.74) is 5.62. The Morgan fingerprint density at radius 2 is 1.86 bits per heavy atom. The second-order valence-corrected chi connectivity index (χ2v) is 6.71. The maximum Gasteiger partial charge on any atom is 0.228 e. The lowest BCUT2D eigenvalue weighted by Crippen LogP contribution is -2.14. The van der Waals surface area contributed by atoms with Gasteiger partial charge in [-0.2, -0.15) is 0 Å². The van der Waals surface area contributed by atoms with Gasteiger partial charge in [-0.25, -0.2) is 4.98 Å². The van der Waals surface area contributed by atoms with Crippen LogP contribution < -0.4 is 10.1 Å². The number of fused-ring (bicyclic) bond motifs is 1. The van der Waals surface area contributed by atoms with Crippen LogP contribution in [0.4, 0.5) is 5.69 Å². The number of amides is 1. The molecule has 0 fully saturated rings. The highest BCUT2D eigenvalue weighted by Crippen LogP contribution is 2.23. The summed E-state index contributed by atoms with van der Waals surface area (Å²) in [5.74, 6) is 1.54. The number of anilines is 1. The fourth-order valence-electron chi connectivity index (χ4n) is 3.17. The van der Waals surface area contributed by atoms with E-state index in [2.05, 4.69) is 15.3 Å². The number of aromatic amines is 1. The first-order valence-corrected chi connectivity index (χ1v) is 9.11. The number of aryl methyl sites for hydroxylation is 1. The zero-order valence-electron chi connectivity index (χ0n) is 15.8. The molecule has 2 N–H and O–H groups in total. The number of benzene rings is 3. The number of aromatic nitrogens is 2. The number of imidazole rings is 1. The molecule has 4 rings (SSSR count). The largest absolute Gasteiger partial charge is 0.496 e. The van der Waals surface area contributed by atoms with E-state index in [1.165, 1.54) is 0 Å². The fourth-order valence-corrected chi connectivity index (χ4v) is 3.17. The Balaban J connectivity index is 1.44. The van der Waals surface area contributed by atoms with Crippen LogP contribution in [0.5, 0.6) is 5.75 Å². The van der Waals surface area contributed by atoms with E-state index in [9.17, 15) is 4.79 Å². The molecule has 3 aromatic carbocycles. The van der Waals surface area contributed by atoms with E-state index < -0.39 is 0 Å². The Labute approximate surface area is 163 Å². The number of carbonyl (C=O) groups is 1. The number of rotatable bonds is 5. The number of methoxy groups -OCH3 is 1. The van der Waals surface area contributed by atoms with E-state index >= 15 is 0 Å². The summed E-state index contributed by atoms with van der Waals surface area (Å²) in [6.45, 7) is 1.98. The third-order valence-corrected chi connectivity index (χ3v) is 4.67. The van der Waals surface area contributed by atoms with Gasteiger partial charge in [0.2, 0.25) is 5.91 Å². The number of para-hydroxylation sites is 2. The Hall–Kier alpha value is -3.60. The predicted octanol–water partition coefficient (Wildman–Crippen LogP) is 4.73. The summed E-state index contributed by atoms with van der Waals surface area (Å²) in [4.78, 5) is 20.3. The zero-order valence-corrected chi connectivity index (χ0v) is 15.8. The molecule has 1 amide bonds. The number of nitrogens with one attached hydrogen (secondary N) is 2. The van der Waals surface area contributed by atoms with Gasteiger partial charge in [-0.3, -0.25) is 4.79 Å². The molecule has 5 nitrogen and oxygen atoms in total. The number of hydrogen-bond donors (Lipinski definition) is 2. The minimum Gasteiger partial charge on any atom is -0.496 e. The second kappa shape index (κ2) is 7.56. The topological polar surface area (TPSA) is 67.0 Å². The molecule has 0 aliphatic rings. The Morgan fingerprint density at radius 1 is 1.07 bits per heavy atom. The van der Waals surface area contributed by atoms with Crippen LogP contribution >= 0.6 is 0 Å². The van der Waals surface area contributed by atoms with Gasteiger partial charge in [0, 0.05) is 11.3 Å². The third-order valence-electron chi connectivity index (χ3n) is 4.67. The number of H-pyrrole nitrogens is 1. The van der Waals surface area contributed by atoms with Crippen molar-refractivity contribution in [2.45, 2.75) is 13.3 Å². The highest BCUT2D eigenvalue weighted by atomic mass is 16.5. The molecule has 140 valence electrons. The summed E-state index contributed by atoms with van der Waals surface area (Å²) in [7, 11) is 1.63. The van der Waals surface area contributed by atoms with Crippen molar-refractivity contribution in [1.29, 1.82) is 0 Å². The van der Waals surface area contributed by atoms with Crippen molar-refractivity contribution in [2.24, 2.45) is 0 Å². The maximum atomic E-state index is 12.4. The van der Waals surface area contributed by atoms with Gasteiger partial charge in [-0.05, 0) is 60.5 Å². The molecule has 0 saturated carbocycles. The van der Waals surface area contributed by atoms with E-state index in [-0.39, 0.29) is 5.91 Å². The minimum absolute atomic E-state index is 0.0672. The average Bonchev–Trinajstić information content (AvgIpc) is 3.14. The summed E-state index contributed by atoms with van der Waals surface area (Å²) in [6.07, 6.45) is 0.294. The van der Waals surface area contributed by atoms with Gasteiger partial charge >= 0.3 is 0 Å². The fraction of sp³-hybridized carbons (Fsp3) is 0.130. The highest BCUT2D eigenvalue weighted by molar-refractivity contribution is 5.92. The smallest absolute Gasteiger partial charge is 0.228 e. The number of ether oxygens (including phenoxy) is 1. The molecule has 4 aromatic rings. The molecule has 0 unspecified atom stereocenters. The third kappa shape index (κ3) is 3.74. The van der Waals surface area contributed by atoms with E-state index in [0.29, 0.717) is 6.42 Å². The van der Waals surface area contributed by atoms with E-state index in [4.69, 9.17) is 4.74 Å². The van der Waals surface area contributed by atoms with Crippen molar-refractivity contribution >= 4 is 22.6 Å². The molecule has 0 aliphatic carbocycles. The van der Waals surface area contributed by atoms with Crippen molar-refractivity contribution in [3.8, 4) is 17.1 Å². The molecular weight excluding hydrogens is 350 g/mol. The summed E-state index contributed by atoms with van der Waals surface area (Å²) >= 11 is 0. The van der Waals surface area contributed by atoms with Gasteiger partial charge in [-0.1, -0.05) is 24.3 Å². The summed E-state index contributed by atoms with van der Waals surface area (Å²) in [6, 6.07) is 21.4. The first kappa shape index (κ1) is 17.8.